The van der Waals surface area contributed by atoms with Crippen molar-refractivity contribution in [1.82, 2.24) is 0 Å². The van der Waals surface area contributed by atoms with Crippen LogP contribution in [0, 0.1) is 0 Å². The second-order valence-corrected chi connectivity index (χ2v) is 14.6. The Labute approximate surface area is 246 Å². The summed E-state index contributed by atoms with van der Waals surface area (Å²) in [5, 5.41) is 10.4. The van der Waals surface area contributed by atoms with E-state index in [1.807, 2.05) is 0 Å². The maximum Gasteiger partial charge on any atom is 0.345 e. The number of aliphatic hydroxyl groups excluding tert-OH is 1. The van der Waals surface area contributed by atoms with Gasteiger partial charge in [-0.1, -0.05) is 163 Å². The number of esters is 1. The average molecular weight is 563 g/mol. The number of carbonyl (C=O) groups is 1. The maximum absolute atomic E-state index is 12.3. The Morgan fingerprint density at radius 1 is 0.692 bits per heavy atom. The van der Waals surface area contributed by atoms with E-state index in [2.05, 4.69) is 66.7 Å². The zero-order valence-electron chi connectivity index (χ0n) is 26.7. The minimum Gasteiger partial charge on any atom is -0.463 e. The van der Waals surface area contributed by atoms with Crippen LogP contribution in [0.1, 0.15) is 168 Å². The Kier molecular flexibility index (Phi) is 18.4. The number of carbonyl (C=O) groups excluding carboxylic acids is 1. The van der Waals surface area contributed by atoms with Crippen LogP contribution in [0.2, 0.25) is 0 Å². The van der Waals surface area contributed by atoms with Crippen molar-refractivity contribution >= 4 is 17.7 Å². The van der Waals surface area contributed by atoms with Gasteiger partial charge < -0.3 is 9.84 Å². The lowest BCUT2D eigenvalue weighted by molar-refractivity contribution is -0.148. The summed E-state index contributed by atoms with van der Waals surface area (Å²) >= 11 is 1.25. The van der Waals surface area contributed by atoms with Gasteiger partial charge >= 0.3 is 5.97 Å². The average Bonchev–Trinajstić information content (AvgIpc) is 2.87. The molecular weight excluding hydrogens is 500 g/mol. The highest BCUT2D eigenvalue weighted by atomic mass is 32.2. The summed E-state index contributed by atoms with van der Waals surface area (Å²) in [5.41, 5.74) is 2.66. The van der Waals surface area contributed by atoms with Crippen molar-refractivity contribution in [2.75, 3.05) is 6.61 Å². The van der Waals surface area contributed by atoms with Crippen LogP contribution in [-0.4, -0.2) is 23.1 Å². The topological polar surface area (TPSA) is 46.5 Å². The van der Waals surface area contributed by atoms with Crippen molar-refractivity contribution in [2.45, 2.75) is 173 Å². The van der Waals surface area contributed by atoms with Crippen LogP contribution >= 0.6 is 11.8 Å². The number of benzene rings is 1. The molecule has 0 bridgehead atoms. The van der Waals surface area contributed by atoms with E-state index in [0.717, 1.165) is 18.4 Å². The SMILES string of the molecule is CCCCCCCCCCCCCCCCCCOC(=O)C(O)SCc1cc(C(C)(C)C)cc(C(C)(C)C)c1. The standard InChI is InChI=1S/C35H62O3S/c1-8-9-10-11-12-13-14-15-16-17-18-19-20-21-22-23-24-38-32(36)33(37)39-28-29-25-30(34(2,3)4)27-31(26-29)35(5,6)7/h25-27,33,37H,8-24,28H2,1-7H3. The number of rotatable bonds is 21. The highest BCUT2D eigenvalue weighted by Crippen LogP contribution is 2.32. The summed E-state index contributed by atoms with van der Waals surface area (Å²) in [5.74, 6) is 0.0754. The number of hydrogen-bond acceptors (Lipinski definition) is 4. The molecule has 1 aromatic carbocycles. The zero-order valence-corrected chi connectivity index (χ0v) is 27.5. The second-order valence-electron chi connectivity index (χ2n) is 13.6. The lowest BCUT2D eigenvalue weighted by Crippen LogP contribution is -2.21. The quantitative estimate of drug-likeness (QED) is 0.0919. The van der Waals surface area contributed by atoms with Crippen molar-refractivity contribution in [1.29, 1.82) is 0 Å². The first-order chi connectivity index (χ1) is 18.4. The summed E-state index contributed by atoms with van der Waals surface area (Å²) < 4.78 is 5.36. The minimum absolute atomic E-state index is 0.0468. The molecule has 0 aliphatic rings. The number of aliphatic hydroxyl groups is 1. The Bertz CT molecular complexity index is 743. The Morgan fingerprint density at radius 2 is 1.08 bits per heavy atom. The predicted octanol–water partition coefficient (Wildman–Crippen LogP) is 10.6. The Balaban J connectivity index is 2.12. The summed E-state index contributed by atoms with van der Waals surface area (Å²) in [6.45, 7) is 16.0. The smallest absolute Gasteiger partial charge is 0.345 e. The molecule has 0 fully saturated rings. The predicted molar refractivity (Wildman–Crippen MR) is 172 cm³/mol. The fourth-order valence-corrected chi connectivity index (χ4v) is 5.50. The van der Waals surface area contributed by atoms with E-state index in [1.54, 1.807) is 0 Å². The molecule has 0 saturated carbocycles. The van der Waals surface area contributed by atoms with Crippen LogP contribution in [-0.2, 0) is 26.1 Å². The van der Waals surface area contributed by atoms with Crippen molar-refractivity contribution in [3.8, 4) is 0 Å². The van der Waals surface area contributed by atoms with Crippen LogP contribution in [0.15, 0.2) is 18.2 Å². The molecule has 3 nitrogen and oxygen atoms in total. The molecule has 0 aromatic heterocycles. The third-order valence-electron chi connectivity index (χ3n) is 7.58. The van der Waals surface area contributed by atoms with Gasteiger partial charge in [-0.3, -0.25) is 0 Å². The van der Waals surface area contributed by atoms with Crippen LogP contribution in [0.4, 0.5) is 0 Å². The summed E-state index contributed by atoms with van der Waals surface area (Å²) in [6.07, 6.45) is 21.1. The van der Waals surface area contributed by atoms with Gasteiger partial charge in [0.05, 0.1) is 6.61 Å². The molecular formula is C35H62O3S. The monoisotopic (exact) mass is 562 g/mol. The normalized spacial score (nSPS) is 13.0. The highest BCUT2D eigenvalue weighted by Gasteiger charge is 2.22. The van der Waals surface area contributed by atoms with Crippen LogP contribution < -0.4 is 0 Å². The third-order valence-corrected chi connectivity index (χ3v) is 8.58. The second kappa shape index (κ2) is 20.0. The van der Waals surface area contributed by atoms with Crippen LogP contribution in [0.3, 0.4) is 0 Å². The maximum atomic E-state index is 12.3. The molecule has 0 radical (unpaired) electrons. The molecule has 0 aliphatic carbocycles. The van der Waals surface area contributed by atoms with Crippen molar-refractivity contribution in [2.24, 2.45) is 0 Å². The Morgan fingerprint density at radius 3 is 1.46 bits per heavy atom. The molecule has 1 rings (SSSR count). The highest BCUT2D eigenvalue weighted by molar-refractivity contribution is 7.99. The van der Waals surface area contributed by atoms with Crippen LogP contribution in [0.5, 0.6) is 0 Å². The van der Waals surface area contributed by atoms with Gasteiger partial charge in [0.1, 0.15) is 0 Å². The van der Waals surface area contributed by atoms with E-state index in [4.69, 9.17) is 4.74 Å². The number of hydrogen-bond donors (Lipinski definition) is 1. The van der Waals surface area contributed by atoms with Gasteiger partial charge in [-0.25, -0.2) is 4.79 Å². The van der Waals surface area contributed by atoms with Crippen molar-refractivity contribution in [3.63, 3.8) is 0 Å². The minimum atomic E-state index is -1.14. The lowest BCUT2D eigenvalue weighted by atomic mass is 9.80. The first kappa shape index (κ1) is 36.0. The molecule has 1 N–H and O–H groups in total. The summed E-state index contributed by atoms with van der Waals surface area (Å²) in [6, 6.07) is 6.70. The van der Waals surface area contributed by atoms with Crippen LogP contribution in [0.25, 0.3) is 0 Å². The van der Waals surface area contributed by atoms with Gasteiger partial charge in [0.25, 0.3) is 0 Å². The number of unbranched alkanes of at least 4 members (excludes halogenated alkanes) is 15. The molecule has 4 heteroatoms. The molecule has 0 amide bonds. The van der Waals surface area contributed by atoms with E-state index in [9.17, 15) is 9.90 Å². The van der Waals surface area contributed by atoms with Gasteiger partial charge in [0.2, 0.25) is 0 Å². The van der Waals surface area contributed by atoms with E-state index in [-0.39, 0.29) is 10.8 Å². The van der Waals surface area contributed by atoms with E-state index < -0.39 is 11.4 Å². The summed E-state index contributed by atoms with van der Waals surface area (Å²) in [7, 11) is 0. The van der Waals surface area contributed by atoms with Gasteiger partial charge in [-0.2, -0.15) is 0 Å². The fraction of sp³-hybridized carbons (Fsp3) is 0.800. The van der Waals surface area contributed by atoms with Gasteiger partial charge in [0.15, 0.2) is 5.44 Å². The number of ether oxygens (including phenoxy) is 1. The Hall–Kier alpha value is -1.00. The summed E-state index contributed by atoms with van der Waals surface area (Å²) in [4.78, 5) is 12.3. The van der Waals surface area contributed by atoms with Gasteiger partial charge in [-0.05, 0) is 33.9 Å². The third kappa shape index (κ3) is 17.4. The lowest BCUT2D eigenvalue weighted by Gasteiger charge is -2.26. The zero-order chi connectivity index (χ0) is 29.2. The molecule has 1 atom stereocenters. The molecule has 39 heavy (non-hydrogen) atoms. The molecule has 0 aliphatic heterocycles. The molecule has 0 spiro atoms. The van der Waals surface area contributed by atoms with E-state index in [1.165, 1.54) is 113 Å². The molecule has 226 valence electrons. The number of thioether (sulfide) groups is 1. The largest absolute Gasteiger partial charge is 0.463 e. The van der Waals surface area contributed by atoms with Gasteiger partial charge in [-0.15, -0.1) is 11.8 Å². The molecule has 0 heterocycles. The molecule has 1 unspecified atom stereocenters. The molecule has 0 saturated heterocycles. The van der Waals surface area contributed by atoms with Crippen molar-refractivity contribution < 1.29 is 14.6 Å². The van der Waals surface area contributed by atoms with E-state index in [0.29, 0.717) is 12.4 Å². The first-order valence-electron chi connectivity index (χ1n) is 16.1. The van der Waals surface area contributed by atoms with Crippen molar-refractivity contribution in [3.05, 3.63) is 34.9 Å². The first-order valence-corrected chi connectivity index (χ1v) is 17.1. The van der Waals surface area contributed by atoms with Gasteiger partial charge in [0, 0.05) is 5.75 Å². The van der Waals surface area contributed by atoms with E-state index >= 15 is 0 Å². The molecule has 1 aromatic rings. The fourth-order valence-electron chi connectivity index (χ4n) is 4.78.